The number of benzene rings is 2. The summed E-state index contributed by atoms with van der Waals surface area (Å²) in [7, 11) is 0. The summed E-state index contributed by atoms with van der Waals surface area (Å²) < 4.78 is 34.8. The average Bonchev–Trinajstić information content (AvgIpc) is 2.63. The highest BCUT2D eigenvalue weighted by Crippen LogP contribution is 2.26. The first-order valence-electron chi connectivity index (χ1n) is 8.12. The second kappa shape index (κ2) is 10.5. The molecule has 1 N–H and O–H groups in total. The number of nitrogens with one attached hydrogen (secondary N) is 1. The Hall–Kier alpha value is -2.61. The lowest BCUT2D eigenvalue weighted by atomic mass is 10.2. The van der Waals surface area contributed by atoms with E-state index in [1.54, 1.807) is 12.1 Å². The Morgan fingerprint density at radius 3 is 2.37 bits per heavy atom. The summed E-state index contributed by atoms with van der Waals surface area (Å²) in [6.45, 7) is 1.67. The molecule has 0 saturated heterocycles. The van der Waals surface area contributed by atoms with Gasteiger partial charge < -0.3 is 14.8 Å². The molecule has 0 spiro atoms. The van der Waals surface area contributed by atoms with Gasteiger partial charge in [0, 0.05) is 10.6 Å². The molecule has 0 radical (unpaired) electrons. The lowest BCUT2D eigenvalue weighted by molar-refractivity contribution is -0.147. The predicted molar refractivity (Wildman–Crippen MR) is 99.2 cm³/mol. The van der Waals surface area contributed by atoms with Crippen LogP contribution in [0.1, 0.15) is 12.0 Å². The largest absolute Gasteiger partial charge is 0.493 e. The van der Waals surface area contributed by atoms with Crippen molar-refractivity contribution in [2.75, 3.05) is 18.5 Å². The first-order chi connectivity index (χ1) is 12.9. The van der Waals surface area contributed by atoms with Crippen LogP contribution in [0.15, 0.2) is 53.4 Å². The summed E-state index contributed by atoms with van der Waals surface area (Å²) in [5, 5.41) is 2.52. The first-order valence-corrected chi connectivity index (χ1v) is 9.00. The molecule has 0 atom stereocenters. The average molecular weight is 395 g/mol. The Morgan fingerprint density at radius 1 is 1.07 bits per heavy atom. The Balaban J connectivity index is 1.65. The Bertz CT molecular complexity index is 751. The smallest absolute Gasteiger partial charge is 0.309 e. The number of carbonyl (C=O) groups is 2. The van der Waals surface area contributed by atoms with Gasteiger partial charge in [0.15, 0.2) is 6.61 Å². The van der Waals surface area contributed by atoms with E-state index in [4.69, 9.17) is 9.47 Å². The van der Waals surface area contributed by atoms with Crippen LogP contribution in [0.25, 0.3) is 0 Å². The van der Waals surface area contributed by atoms with Crippen LogP contribution < -0.4 is 10.1 Å². The molecule has 27 heavy (non-hydrogen) atoms. The number of esters is 1. The molecule has 0 saturated carbocycles. The van der Waals surface area contributed by atoms with E-state index in [0.717, 1.165) is 5.56 Å². The molecule has 0 heterocycles. The van der Waals surface area contributed by atoms with Gasteiger partial charge in [-0.25, -0.2) is 0 Å². The van der Waals surface area contributed by atoms with E-state index in [2.05, 4.69) is 5.32 Å². The van der Waals surface area contributed by atoms with Gasteiger partial charge in [0.05, 0.1) is 13.0 Å². The number of rotatable bonds is 9. The zero-order valence-electron chi connectivity index (χ0n) is 14.6. The van der Waals surface area contributed by atoms with Crippen molar-refractivity contribution in [3.63, 3.8) is 0 Å². The molecule has 0 fully saturated rings. The van der Waals surface area contributed by atoms with Crippen LogP contribution in [-0.4, -0.2) is 30.8 Å². The molecule has 2 aromatic carbocycles. The summed E-state index contributed by atoms with van der Waals surface area (Å²) in [5.41, 5.74) is 1.53. The number of thioether (sulfide) groups is 1. The van der Waals surface area contributed by atoms with Gasteiger partial charge in [0.2, 0.25) is 0 Å². The van der Waals surface area contributed by atoms with Crippen LogP contribution in [0.2, 0.25) is 0 Å². The van der Waals surface area contributed by atoms with Crippen LogP contribution in [0, 0.1) is 6.92 Å². The van der Waals surface area contributed by atoms with Crippen molar-refractivity contribution in [1.29, 1.82) is 0 Å². The number of hydrogen-bond donors (Lipinski definition) is 1. The molecule has 0 aliphatic rings. The Morgan fingerprint density at radius 2 is 1.74 bits per heavy atom. The summed E-state index contributed by atoms with van der Waals surface area (Å²) in [5.74, 6) is -2.92. The predicted octanol–water partition coefficient (Wildman–Crippen LogP) is 4.26. The summed E-state index contributed by atoms with van der Waals surface area (Å²) in [6, 6.07) is 13.4. The van der Waals surface area contributed by atoms with E-state index in [-0.39, 0.29) is 13.0 Å². The second-order valence-corrected chi connectivity index (χ2v) is 6.59. The normalized spacial score (nSPS) is 10.5. The lowest BCUT2D eigenvalue weighted by Crippen LogP contribution is -2.21. The molecule has 2 aromatic rings. The van der Waals surface area contributed by atoms with E-state index in [1.165, 1.54) is 24.3 Å². The number of anilines is 1. The SMILES string of the molecule is Cc1ccc(OCCC(=O)OCC(=O)Nc2ccc(SC(F)F)cc2)cc1. The maximum absolute atomic E-state index is 12.2. The van der Waals surface area contributed by atoms with Gasteiger partial charge in [0.1, 0.15) is 5.75 Å². The topological polar surface area (TPSA) is 64.6 Å². The van der Waals surface area contributed by atoms with Crippen molar-refractivity contribution in [3.8, 4) is 5.75 Å². The molecule has 0 aliphatic carbocycles. The zero-order valence-corrected chi connectivity index (χ0v) is 15.4. The van der Waals surface area contributed by atoms with E-state index in [1.807, 2.05) is 19.1 Å². The number of aryl methyl sites for hydroxylation is 1. The van der Waals surface area contributed by atoms with Crippen LogP contribution in [0.3, 0.4) is 0 Å². The number of hydrogen-bond acceptors (Lipinski definition) is 5. The highest BCUT2D eigenvalue weighted by atomic mass is 32.2. The van der Waals surface area contributed by atoms with Gasteiger partial charge in [-0.1, -0.05) is 29.5 Å². The number of amides is 1. The van der Waals surface area contributed by atoms with Gasteiger partial charge in [-0.05, 0) is 43.3 Å². The third-order valence-electron chi connectivity index (χ3n) is 3.32. The van der Waals surface area contributed by atoms with Crippen LogP contribution >= 0.6 is 11.8 Å². The third kappa shape index (κ3) is 8.08. The molecule has 2 rings (SSSR count). The number of alkyl halides is 2. The van der Waals surface area contributed by atoms with E-state index in [9.17, 15) is 18.4 Å². The maximum atomic E-state index is 12.2. The van der Waals surface area contributed by atoms with Crippen molar-refractivity contribution in [2.24, 2.45) is 0 Å². The van der Waals surface area contributed by atoms with E-state index in [0.29, 0.717) is 28.1 Å². The van der Waals surface area contributed by atoms with Crippen molar-refractivity contribution in [3.05, 3.63) is 54.1 Å². The van der Waals surface area contributed by atoms with E-state index < -0.39 is 24.2 Å². The van der Waals surface area contributed by atoms with Crippen LogP contribution in [0.4, 0.5) is 14.5 Å². The molecular weight excluding hydrogens is 376 g/mol. The van der Waals surface area contributed by atoms with Crippen LogP contribution in [-0.2, 0) is 14.3 Å². The van der Waals surface area contributed by atoms with Crippen molar-refractivity contribution < 1.29 is 27.8 Å². The third-order valence-corrected chi connectivity index (χ3v) is 4.05. The molecule has 144 valence electrons. The lowest BCUT2D eigenvalue weighted by Gasteiger charge is -2.08. The fraction of sp³-hybridized carbons (Fsp3) is 0.263. The minimum absolute atomic E-state index is 0.0146. The first kappa shape index (κ1) is 20.7. The van der Waals surface area contributed by atoms with Crippen LogP contribution in [0.5, 0.6) is 5.75 Å². The second-order valence-electron chi connectivity index (χ2n) is 5.52. The molecule has 0 bridgehead atoms. The van der Waals surface area contributed by atoms with Crippen molar-refractivity contribution in [1.82, 2.24) is 0 Å². The summed E-state index contributed by atoms with van der Waals surface area (Å²) in [6.07, 6.45) is 0.0146. The summed E-state index contributed by atoms with van der Waals surface area (Å²) in [4.78, 5) is 23.8. The fourth-order valence-electron chi connectivity index (χ4n) is 2.02. The van der Waals surface area contributed by atoms with E-state index >= 15 is 0 Å². The standard InChI is InChI=1S/C19H19F2NO4S/c1-13-2-6-15(7-3-13)25-11-10-18(24)26-12-17(23)22-14-4-8-16(9-5-14)27-19(20)21/h2-9,19H,10-12H2,1H3,(H,22,23). The minimum atomic E-state index is -2.50. The molecule has 0 aromatic heterocycles. The molecule has 0 unspecified atom stereocenters. The van der Waals surface area contributed by atoms with Gasteiger partial charge in [-0.15, -0.1) is 0 Å². The molecule has 8 heteroatoms. The number of halogens is 2. The van der Waals surface area contributed by atoms with Gasteiger partial charge in [-0.2, -0.15) is 8.78 Å². The highest BCUT2D eigenvalue weighted by molar-refractivity contribution is 7.99. The van der Waals surface area contributed by atoms with Crippen molar-refractivity contribution in [2.45, 2.75) is 24.0 Å². The Kier molecular flexibility index (Phi) is 8.06. The zero-order chi connectivity index (χ0) is 19.6. The fourth-order valence-corrected chi connectivity index (χ4v) is 2.52. The van der Waals surface area contributed by atoms with Gasteiger partial charge in [0.25, 0.3) is 11.7 Å². The molecular formula is C19H19F2NO4S. The monoisotopic (exact) mass is 395 g/mol. The summed E-state index contributed by atoms with van der Waals surface area (Å²) >= 11 is 0.420. The highest BCUT2D eigenvalue weighted by Gasteiger charge is 2.09. The van der Waals surface area contributed by atoms with Crippen molar-refractivity contribution >= 4 is 29.3 Å². The van der Waals surface area contributed by atoms with Gasteiger partial charge >= 0.3 is 5.97 Å². The molecule has 5 nitrogen and oxygen atoms in total. The number of ether oxygens (including phenoxy) is 2. The number of carbonyl (C=O) groups excluding carboxylic acids is 2. The Labute approximate surface area is 160 Å². The maximum Gasteiger partial charge on any atom is 0.309 e. The molecule has 0 aliphatic heterocycles. The minimum Gasteiger partial charge on any atom is -0.493 e. The quantitative estimate of drug-likeness (QED) is 0.508. The van der Waals surface area contributed by atoms with Gasteiger partial charge in [-0.3, -0.25) is 9.59 Å². The molecule has 1 amide bonds.